The highest BCUT2D eigenvalue weighted by atomic mass is 32.1. The number of rotatable bonds is 4. The zero-order valence-corrected chi connectivity index (χ0v) is 12.8. The van der Waals surface area contributed by atoms with E-state index in [-0.39, 0.29) is 10.9 Å². The number of alkyl halides is 3. The number of nitrogens with one attached hydrogen (secondary N) is 1. The fraction of sp³-hybridized carbons (Fsp3) is 0.500. The fourth-order valence-electron chi connectivity index (χ4n) is 2.34. The van der Waals surface area contributed by atoms with Gasteiger partial charge in [0.1, 0.15) is 11.3 Å². The van der Waals surface area contributed by atoms with E-state index in [1.807, 2.05) is 13.8 Å². The van der Waals surface area contributed by atoms with E-state index in [0.29, 0.717) is 16.8 Å². The Balaban J connectivity index is 2.51. The van der Waals surface area contributed by atoms with Crippen molar-refractivity contribution in [2.24, 2.45) is 0 Å². The molecule has 0 aliphatic carbocycles. The van der Waals surface area contributed by atoms with Crippen LogP contribution < -0.4 is 4.74 Å². The second-order valence-corrected chi connectivity index (χ2v) is 5.67. The summed E-state index contributed by atoms with van der Waals surface area (Å²) in [6.07, 6.45) is -5.19. The normalized spacial score (nSPS) is 13.9. The number of aromatic nitrogens is 2. The third kappa shape index (κ3) is 3.58. The summed E-state index contributed by atoms with van der Waals surface area (Å²) in [5.74, 6) is 0.589. The maximum absolute atomic E-state index is 12.6. The first-order chi connectivity index (χ1) is 9.69. The zero-order valence-electron chi connectivity index (χ0n) is 12.0. The Labute approximate surface area is 125 Å². The van der Waals surface area contributed by atoms with Gasteiger partial charge in [0.2, 0.25) is 0 Å². The first-order valence-electron chi connectivity index (χ1n) is 6.65. The number of hydrogen-bond donors (Lipinski definition) is 1. The van der Waals surface area contributed by atoms with Crippen LogP contribution in [-0.2, 0) is 0 Å². The smallest absolute Gasteiger partial charge is 0.391 e. The summed E-state index contributed by atoms with van der Waals surface area (Å²) in [7, 11) is 0. The van der Waals surface area contributed by atoms with Crippen LogP contribution in [0.3, 0.4) is 0 Å². The first-order valence-corrected chi connectivity index (χ1v) is 7.06. The molecule has 2 rings (SSSR count). The van der Waals surface area contributed by atoms with Crippen LogP contribution in [0.2, 0.25) is 0 Å². The molecule has 2 aromatic rings. The molecule has 116 valence electrons. The van der Waals surface area contributed by atoms with Gasteiger partial charge in [-0.05, 0) is 45.1 Å². The molecule has 0 spiro atoms. The van der Waals surface area contributed by atoms with Crippen LogP contribution >= 0.6 is 12.2 Å². The van der Waals surface area contributed by atoms with Gasteiger partial charge in [-0.15, -0.1) is 0 Å². The summed E-state index contributed by atoms with van der Waals surface area (Å²) in [6, 6.07) is 4.48. The average Bonchev–Trinajstić information content (AvgIpc) is 2.63. The number of imidazole rings is 1. The molecular weight excluding hydrogens is 301 g/mol. The minimum Gasteiger partial charge on any atom is -0.489 e. The van der Waals surface area contributed by atoms with Crippen molar-refractivity contribution < 1.29 is 17.9 Å². The van der Waals surface area contributed by atoms with Gasteiger partial charge in [-0.2, -0.15) is 13.2 Å². The number of halogens is 3. The SMILES string of the molecule is CC(C)Oc1cccc2c1[nH]c(=S)n2C(C)CC(F)(F)F. The highest BCUT2D eigenvalue weighted by Crippen LogP contribution is 2.32. The monoisotopic (exact) mass is 318 g/mol. The van der Waals surface area contributed by atoms with Gasteiger partial charge in [-0.1, -0.05) is 6.07 Å². The number of benzene rings is 1. The number of para-hydroxylation sites is 1. The van der Waals surface area contributed by atoms with Crippen LogP contribution in [0.15, 0.2) is 18.2 Å². The van der Waals surface area contributed by atoms with Crippen molar-refractivity contribution in [3.8, 4) is 5.75 Å². The molecule has 1 unspecified atom stereocenters. The van der Waals surface area contributed by atoms with Gasteiger partial charge in [-0.25, -0.2) is 0 Å². The van der Waals surface area contributed by atoms with E-state index in [2.05, 4.69) is 4.98 Å². The number of fused-ring (bicyclic) bond motifs is 1. The number of hydrogen-bond acceptors (Lipinski definition) is 2. The van der Waals surface area contributed by atoms with E-state index in [1.165, 1.54) is 11.5 Å². The molecule has 1 aromatic carbocycles. The summed E-state index contributed by atoms with van der Waals surface area (Å²) in [5, 5.41) is 0. The van der Waals surface area contributed by atoms with E-state index in [0.717, 1.165) is 0 Å². The minimum atomic E-state index is -4.23. The Kier molecular flexibility index (Phi) is 4.32. The Morgan fingerprint density at radius 2 is 1.95 bits per heavy atom. The van der Waals surface area contributed by atoms with Crippen LogP contribution in [-0.4, -0.2) is 21.8 Å². The lowest BCUT2D eigenvalue weighted by atomic mass is 10.2. The molecule has 0 fully saturated rings. The van der Waals surface area contributed by atoms with Crippen LogP contribution in [0.4, 0.5) is 13.2 Å². The van der Waals surface area contributed by atoms with Crippen molar-refractivity contribution in [2.75, 3.05) is 0 Å². The van der Waals surface area contributed by atoms with Gasteiger partial charge < -0.3 is 14.3 Å². The molecule has 0 amide bonds. The predicted octanol–water partition coefficient (Wildman–Crippen LogP) is 5.00. The van der Waals surface area contributed by atoms with Crippen molar-refractivity contribution in [1.82, 2.24) is 9.55 Å². The van der Waals surface area contributed by atoms with E-state index < -0.39 is 18.6 Å². The van der Waals surface area contributed by atoms with E-state index in [1.54, 1.807) is 18.2 Å². The van der Waals surface area contributed by atoms with Gasteiger partial charge >= 0.3 is 6.18 Å². The second-order valence-electron chi connectivity index (χ2n) is 5.29. The maximum Gasteiger partial charge on any atom is 0.391 e. The summed E-state index contributed by atoms with van der Waals surface area (Å²) < 4.78 is 45.2. The van der Waals surface area contributed by atoms with E-state index in [4.69, 9.17) is 17.0 Å². The Morgan fingerprint density at radius 3 is 2.52 bits per heavy atom. The lowest BCUT2D eigenvalue weighted by Crippen LogP contribution is -2.16. The Hall–Kier alpha value is -1.50. The second kappa shape index (κ2) is 5.71. The fourth-order valence-corrected chi connectivity index (χ4v) is 2.72. The van der Waals surface area contributed by atoms with Gasteiger partial charge in [-0.3, -0.25) is 0 Å². The Bertz CT molecular complexity index is 688. The highest BCUT2D eigenvalue weighted by molar-refractivity contribution is 7.71. The number of H-pyrrole nitrogens is 1. The van der Waals surface area contributed by atoms with Gasteiger partial charge in [0.25, 0.3) is 0 Å². The quantitative estimate of drug-likeness (QED) is 0.804. The van der Waals surface area contributed by atoms with E-state index >= 15 is 0 Å². The van der Waals surface area contributed by atoms with Crippen LogP contribution in [0, 0.1) is 4.77 Å². The third-order valence-electron chi connectivity index (χ3n) is 3.04. The van der Waals surface area contributed by atoms with Crippen molar-refractivity contribution in [1.29, 1.82) is 0 Å². The maximum atomic E-state index is 12.6. The minimum absolute atomic E-state index is 0.0338. The molecule has 1 N–H and O–H groups in total. The third-order valence-corrected chi connectivity index (χ3v) is 3.34. The van der Waals surface area contributed by atoms with E-state index in [9.17, 15) is 13.2 Å². The van der Waals surface area contributed by atoms with Gasteiger partial charge in [0.15, 0.2) is 4.77 Å². The lowest BCUT2D eigenvalue weighted by Gasteiger charge is -2.17. The summed E-state index contributed by atoms with van der Waals surface area (Å²) in [6.45, 7) is 5.28. The molecule has 0 aliphatic heterocycles. The number of ether oxygens (including phenoxy) is 1. The van der Waals surface area contributed by atoms with Crippen molar-refractivity contribution in [2.45, 2.75) is 45.5 Å². The molecule has 21 heavy (non-hydrogen) atoms. The molecular formula is C14H17F3N2OS. The molecule has 0 aliphatic rings. The molecule has 1 aromatic heterocycles. The zero-order chi connectivity index (χ0) is 15.8. The molecule has 1 heterocycles. The average molecular weight is 318 g/mol. The molecule has 1 atom stereocenters. The largest absolute Gasteiger partial charge is 0.489 e. The molecule has 0 radical (unpaired) electrons. The number of aromatic amines is 1. The summed E-state index contributed by atoms with van der Waals surface area (Å²) in [5.41, 5.74) is 1.25. The van der Waals surface area contributed by atoms with Crippen LogP contribution in [0.25, 0.3) is 11.0 Å². The molecule has 0 saturated heterocycles. The summed E-state index contributed by atoms with van der Waals surface area (Å²) in [4.78, 5) is 2.95. The van der Waals surface area contributed by atoms with Crippen molar-refractivity contribution >= 4 is 23.3 Å². The highest BCUT2D eigenvalue weighted by Gasteiger charge is 2.31. The standard InChI is InChI=1S/C14H17F3N2OS/c1-8(2)20-11-6-4-5-10-12(11)18-13(21)19(10)9(3)7-14(15,16)17/h4-6,8-9H,7H2,1-3H3,(H,18,21). The number of nitrogens with zero attached hydrogens (tertiary/aromatic N) is 1. The lowest BCUT2D eigenvalue weighted by molar-refractivity contribution is -0.141. The Morgan fingerprint density at radius 1 is 1.29 bits per heavy atom. The predicted molar refractivity (Wildman–Crippen MR) is 78.3 cm³/mol. The van der Waals surface area contributed by atoms with Crippen LogP contribution in [0.5, 0.6) is 5.75 Å². The van der Waals surface area contributed by atoms with Crippen LogP contribution in [0.1, 0.15) is 33.2 Å². The molecule has 3 nitrogen and oxygen atoms in total. The van der Waals surface area contributed by atoms with Gasteiger partial charge in [0.05, 0.1) is 18.0 Å². The first kappa shape index (κ1) is 15.9. The van der Waals surface area contributed by atoms with Gasteiger partial charge in [0, 0.05) is 6.04 Å². The molecule has 0 bridgehead atoms. The molecule has 7 heteroatoms. The van der Waals surface area contributed by atoms with Crippen molar-refractivity contribution in [3.05, 3.63) is 23.0 Å². The topological polar surface area (TPSA) is 29.9 Å². The molecule has 0 saturated carbocycles. The van der Waals surface area contributed by atoms with Crippen molar-refractivity contribution in [3.63, 3.8) is 0 Å². The summed E-state index contributed by atoms with van der Waals surface area (Å²) >= 11 is 5.18.